The summed E-state index contributed by atoms with van der Waals surface area (Å²) in [4.78, 5) is 9.98. The molecule has 0 aromatic carbocycles. The Hall–Kier alpha value is -1.50. The average Bonchev–Trinajstić information content (AvgIpc) is 2.80. The first kappa shape index (κ1) is 13.5. The van der Waals surface area contributed by atoms with Gasteiger partial charge in [-0.25, -0.2) is 14.4 Å². The molecule has 2 aromatic heterocycles. The van der Waals surface area contributed by atoms with E-state index in [1.54, 1.807) is 6.20 Å². The van der Waals surface area contributed by atoms with E-state index in [-0.39, 0.29) is 5.82 Å². The minimum absolute atomic E-state index is 0.282. The molecule has 0 spiro atoms. The van der Waals surface area contributed by atoms with Crippen LogP contribution in [-0.4, -0.2) is 32.8 Å². The highest BCUT2D eigenvalue weighted by atomic mass is 79.9. The maximum atomic E-state index is 14.1. The SMILES string of the molecule is CCc1ncnc(N2CC(Cn3cc(Br)cn3)C2)c1F. The van der Waals surface area contributed by atoms with Crippen molar-refractivity contribution < 1.29 is 4.39 Å². The van der Waals surface area contributed by atoms with Gasteiger partial charge in [0.1, 0.15) is 6.33 Å². The molecule has 1 fully saturated rings. The van der Waals surface area contributed by atoms with Gasteiger partial charge in [-0.15, -0.1) is 0 Å². The van der Waals surface area contributed by atoms with Gasteiger partial charge in [0.15, 0.2) is 11.6 Å². The Bertz CT molecular complexity index is 609. The van der Waals surface area contributed by atoms with Crippen molar-refractivity contribution >= 4 is 21.7 Å². The third kappa shape index (κ3) is 2.54. The van der Waals surface area contributed by atoms with Crippen LogP contribution in [0.25, 0.3) is 0 Å². The zero-order chi connectivity index (χ0) is 14.1. The monoisotopic (exact) mass is 339 g/mol. The molecule has 3 rings (SSSR count). The van der Waals surface area contributed by atoms with Crippen molar-refractivity contribution in [1.82, 2.24) is 19.7 Å². The quantitative estimate of drug-likeness (QED) is 0.857. The van der Waals surface area contributed by atoms with Gasteiger partial charge in [-0.3, -0.25) is 4.68 Å². The molecular weight excluding hydrogens is 325 g/mol. The first-order valence-corrected chi connectivity index (χ1v) is 7.39. The molecule has 0 amide bonds. The van der Waals surface area contributed by atoms with Crippen LogP contribution in [0.1, 0.15) is 12.6 Å². The Morgan fingerprint density at radius 3 is 2.85 bits per heavy atom. The summed E-state index contributed by atoms with van der Waals surface area (Å²) in [5, 5.41) is 4.23. The van der Waals surface area contributed by atoms with Gasteiger partial charge in [0.25, 0.3) is 0 Å². The number of aromatic nitrogens is 4. The normalized spacial score (nSPS) is 15.4. The molecule has 0 aliphatic carbocycles. The van der Waals surface area contributed by atoms with Crippen molar-refractivity contribution in [2.45, 2.75) is 19.9 Å². The molecule has 0 radical (unpaired) electrons. The maximum absolute atomic E-state index is 14.1. The van der Waals surface area contributed by atoms with Gasteiger partial charge in [-0.1, -0.05) is 6.92 Å². The van der Waals surface area contributed by atoms with E-state index in [1.165, 1.54) is 6.33 Å². The predicted octanol–water partition coefficient (Wildman–Crippen LogP) is 2.27. The smallest absolute Gasteiger partial charge is 0.187 e. The Kier molecular flexibility index (Phi) is 3.69. The first-order chi connectivity index (χ1) is 9.67. The topological polar surface area (TPSA) is 46.8 Å². The Labute approximate surface area is 125 Å². The van der Waals surface area contributed by atoms with E-state index in [1.807, 2.05) is 22.7 Å². The molecule has 0 bridgehead atoms. The molecule has 0 N–H and O–H groups in total. The summed E-state index contributed by atoms with van der Waals surface area (Å²) in [6.07, 6.45) is 5.74. The largest absolute Gasteiger partial charge is 0.353 e. The lowest BCUT2D eigenvalue weighted by Gasteiger charge is -2.40. The lowest BCUT2D eigenvalue weighted by Crippen LogP contribution is -2.49. The standard InChI is InChI=1S/C13H15BrFN5/c1-2-11-12(15)13(17-8-16-11)19-4-9(5-19)6-20-7-10(14)3-18-20/h3,7-9H,2,4-6H2,1H3. The molecule has 0 unspecified atom stereocenters. The fourth-order valence-corrected chi connectivity index (χ4v) is 2.75. The molecule has 1 aliphatic rings. The second-order valence-electron chi connectivity index (χ2n) is 4.96. The summed E-state index contributed by atoms with van der Waals surface area (Å²) in [7, 11) is 0. The molecule has 0 saturated carbocycles. The van der Waals surface area contributed by atoms with Gasteiger partial charge in [0.2, 0.25) is 0 Å². The van der Waals surface area contributed by atoms with Crippen molar-refractivity contribution in [3.05, 3.63) is 34.7 Å². The molecule has 3 heterocycles. The van der Waals surface area contributed by atoms with Crippen molar-refractivity contribution in [2.24, 2.45) is 5.92 Å². The number of aryl methyl sites for hydroxylation is 1. The van der Waals surface area contributed by atoms with Crippen LogP contribution >= 0.6 is 15.9 Å². The maximum Gasteiger partial charge on any atom is 0.187 e. The molecular formula is C13H15BrFN5. The number of nitrogens with zero attached hydrogens (tertiary/aromatic N) is 5. The summed E-state index contributed by atoms with van der Waals surface area (Å²) in [6.45, 7) is 4.34. The van der Waals surface area contributed by atoms with Gasteiger partial charge in [-0.2, -0.15) is 5.10 Å². The van der Waals surface area contributed by atoms with Gasteiger partial charge in [-0.05, 0) is 22.4 Å². The minimum atomic E-state index is -0.282. The number of hydrogen-bond acceptors (Lipinski definition) is 4. The number of halogens is 2. The molecule has 20 heavy (non-hydrogen) atoms. The van der Waals surface area contributed by atoms with Gasteiger partial charge in [0, 0.05) is 31.7 Å². The van der Waals surface area contributed by atoms with E-state index in [0.29, 0.717) is 23.9 Å². The Morgan fingerprint density at radius 1 is 1.40 bits per heavy atom. The van der Waals surface area contributed by atoms with E-state index in [4.69, 9.17) is 0 Å². The van der Waals surface area contributed by atoms with E-state index in [0.717, 1.165) is 24.1 Å². The summed E-state index contributed by atoms with van der Waals surface area (Å²) in [6, 6.07) is 0. The fourth-order valence-electron chi connectivity index (χ4n) is 2.42. The number of rotatable bonds is 4. The minimum Gasteiger partial charge on any atom is -0.353 e. The Morgan fingerprint density at radius 2 is 2.20 bits per heavy atom. The number of anilines is 1. The van der Waals surface area contributed by atoms with Crippen LogP contribution in [0, 0.1) is 11.7 Å². The molecule has 106 valence electrons. The van der Waals surface area contributed by atoms with Crippen LogP contribution in [0.15, 0.2) is 23.2 Å². The van der Waals surface area contributed by atoms with Crippen LogP contribution in [0.3, 0.4) is 0 Å². The summed E-state index contributed by atoms with van der Waals surface area (Å²) in [5.74, 6) is 0.617. The van der Waals surface area contributed by atoms with Gasteiger partial charge < -0.3 is 4.90 Å². The highest BCUT2D eigenvalue weighted by molar-refractivity contribution is 9.10. The zero-order valence-corrected chi connectivity index (χ0v) is 12.7. The fraction of sp³-hybridized carbons (Fsp3) is 0.462. The van der Waals surface area contributed by atoms with E-state index in [2.05, 4.69) is 31.0 Å². The average molecular weight is 340 g/mol. The molecule has 7 heteroatoms. The Balaban J connectivity index is 1.63. The van der Waals surface area contributed by atoms with Crippen molar-refractivity contribution in [3.8, 4) is 0 Å². The third-order valence-electron chi connectivity index (χ3n) is 3.48. The van der Waals surface area contributed by atoms with Crippen LogP contribution < -0.4 is 4.90 Å². The second kappa shape index (κ2) is 5.47. The van der Waals surface area contributed by atoms with Gasteiger partial charge >= 0.3 is 0 Å². The van der Waals surface area contributed by atoms with Crippen LogP contribution in [0.2, 0.25) is 0 Å². The second-order valence-corrected chi connectivity index (χ2v) is 5.88. The molecule has 5 nitrogen and oxygen atoms in total. The molecule has 1 aliphatic heterocycles. The summed E-state index contributed by atoms with van der Waals surface area (Å²) >= 11 is 3.38. The lowest BCUT2D eigenvalue weighted by atomic mass is 10.00. The molecule has 2 aromatic rings. The first-order valence-electron chi connectivity index (χ1n) is 6.59. The lowest BCUT2D eigenvalue weighted by molar-refractivity contribution is 0.336. The summed E-state index contributed by atoms with van der Waals surface area (Å²) < 4.78 is 17.0. The van der Waals surface area contributed by atoms with Crippen LogP contribution in [-0.2, 0) is 13.0 Å². The molecule has 1 saturated heterocycles. The van der Waals surface area contributed by atoms with Crippen molar-refractivity contribution in [1.29, 1.82) is 0 Å². The van der Waals surface area contributed by atoms with Crippen LogP contribution in [0.4, 0.5) is 10.2 Å². The highest BCUT2D eigenvalue weighted by Gasteiger charge is 2.30. The third-order valence-corrected chi connectivity index (χ3v) is 3.89. The van der Waals surface area contributed by atoms with Crippen LogP contribution in [0.5, 0.6) is 0 Å². The van der Waals surface area contributed by atoms with Crippen molar-refractivity contribution in [2.75, 3.05) is 18.0 Å². The zero-order valence-electron chi connectivity index (χ0n) is 11.1. The van der Waals surface area contributed by atoms with E-state index in [9.17, 15) is 4.39 Å². The van der Waals surface area contributed by atoms with Gasteiger partial charge in [0.05, 0.1) is 16.4 Å². The van der Waals surface area contributed by atoms with E-state index >= 15 is 0 Å². The van der Waals surface area contributed by atoms with E-state index < -0.39 is 0 Å². The highest BCUT2D eigenvalue weighted by Crippen LogP contribution is 2.27. The molecule has 0 atom stereocenters. The van der Waals surface area contributed by atoms with Crippen molar-refractivity contribution in [3.63, 3.8) is 0 Å². The number of hydrogen-bond donors (Lipinski definition) is 0. The predicted molar refractivity (Wildman–Crippen MR) is 77.0 cm³/mol. The summed E-state index contributed by atoms with van der Waals surface area (Å²) in [5.41, 5.74) is 0.481.